The van der Waals surface area contributed by atoms with E-state index in [-0.39, 0.29) is 0 Å². The Kier molecular flexibility index (Phi) is 5.36. The van der Waals surface area contributed by atoms with Crippen molar-refractivity contribution in [1.29, 1.82) is 0 Å². The molecule has 0 unspecified atom stereocenters. The third kappa shape index (κ3) is 4.05. The van der Waals surface area contributed by atoms with Crippen LogP contribution < -0.4 is 10.6 Å². The Morgan fingerprint density at radius 2 is 2.00 bits per heavy atom. The van der Waals surface area contributed by atoms with E-state index in [4.69, 9.17) is 16.3 Å². The van der Waals surface area contributed by atoms with Crippen LogP contribution >= 0.6 is 11.6 Å². The van der Waals surface area contributed by atoms with Crippen LogP contribution in [0.4, 0.5) is 10.5 Å². The zero-order valence-electron chi connectivity index (χ0n) is 14.8. The van der Waals surface area contributed by atoms with Gasteiger partial charge in [0, 0.05) is 10.7 Å². The molecule has 0 atom stereocenters. The van der Waals surface area contributed by atoms with Gasteiger partial charge in [-0.15, -0.1) is 0 Å². The Labute approximate surface area is 161 Å². The molecule has 9 heteroatoms. The van der Waals surface area contributed by atoms with Gasteiger partial charge in [-0.05, 0) is 43.5 Å². The summed E-state index contributed by atoms with van der Waals surface area (Å²) in [6, 6.07) is 4.37. The summed E-state index contributed by atoms with van der Waals surface area (Å²) in [5.41, 5.74) is 0.446. The Morgan fingerprint density at radius 1 is 1.30 bits per heavy atom. The second-order valence-electron chi connectivity index (χ2n) is 6.78. The van der Waals surface area contributed by atoms with E-state index in [2.05, 4.69) is 10.6 Å². The predicted molar refractivity (Wildman–Crippen MR) is 97.2 cm³/mol. The van der Waals surface area contributed by atoms with E-state index in [1.807, 2.05) is 0 Å². The number of rotatable bonds is 5. The molecule has 2 aliphatic rings. The molecule has 27 heavy (non-hydrogen) atoms. The molecule has 144 valence electrons. The number of carbonyl (C=O) groups excluding carboxylic acids is 4. The predicted octanol–water partition coefficient (Wildman–Crippen LogP) is 1.99. The fourth-order valence-electron chi connectivity index (χ4n) is 3.41. The maximum absolute atomic E-state index is 12.5. The van der Waals surface area contributed by atoms with Gasteiger partial charge in [-0.25, -0.2) is 4.79 Å². The highest BCUT2D eigenvalue weighted by atomic mass is 35.5. The highest BCUT2D eigenvalue weighted by Gasteiger charge is 2.52. The van der Waals surface area contributed by atoms with Crippen LogP contribution in [0.15, 0.2) is 18.2 Å². The summed E-state index contributed by atoms with van der Waals surface area (Å²) in [6.45, 7) is 0.749. The van der Waals surface area contributed by atoms with E-state index in [1.165, 1.54) is 0 Å². The Hall–Kier alpha value is -2.61. The Morgan fingerprint density at radius 3 is 2.67 bits per heavy atom. The molecule has 1 saturated heterocycles. The van der Waals surface area contributed by atoms with Crippen LogP contribution in [0, 0.1) is 6.92 Å². The van der Waals surface area contributed by atoms with Crippen molar-refractivity contribution in [2.45, 2.75) is 38.1 Å². The van der Waals surface area contributed by atoms with E-state index in [0.717, 1.165) is 23.3 Å². The van der Waals surface area contributed by atoms with Gasteiger partial charge in [0.2, 0.25) is 0 Å². The number of benzene rings is 1. The molecule has 3 rings (SSSR count). The van der Waals surface area contributed by atoms with Crippen molar-refractivity contribution in [2.24, 2.45) is 0 Å². The maximum Gasteiger partial charge on any atom is 0.326 e. The number of urea groups is 1. The Bertz CT molecular complexity index is 804. The number of aryl methyl sites for hydroxylation is 1. The highest BCUT2D eigenvalue weighted by Crippen LogP contribution is 2.34. The van der Waals surface area contributed by atoms with Gasteiger partial charge >= 0.3 is 12.0 Å². The first-order valence-electron chi connectivity index (χ1n) is 8.66. The molecule has 8 nitrogen and oxygen atoms in total. The largest absolute Gasteiger partial charge is 0.454 e. The number of hydrogen-bond donors (Lipinski definition) is 2. The quantitative estimate of drug-likeness (QED) is 0.588. The fraction of sp³-hybridized carbons (Fsp3) is 0.444. The average molecular weight is 394 g/mol. The molecule has 1 aliphatic carbocycles. The normalized spacial score (nSPS) is 17.9. The number of nitrogens with zero attached hydrogens (tertiary/aromatic N) is 1. The third-order valence-corrected chi connectivity index (χ3v) is 5.05. The number of nitrogens with one attached hydrogen (secondary N) is 2. The van der Waals surface area contributed by atoms with Gasteiger partial charge in [-0.2, -0.15) is 0 Å². The summed E-state index contributed by atoms with van der Waals surface area (Å²) in [5, 5.41) is 5.84. The minimum atomic E-state index is -0.874. The maximum atomic E-state index is 12.5. The molecule has 0 bridgehead atoms. The van der Waals surface area contributed by atoms with Crippen LogP contribution in [0.2, 0.25) is 5.02 Å². The molecule has 1 spiro atoms. The van der Waals surface area contributed by atoms with Crippen molar-refractivity contribution >= 4 is 41.1 Å². The van der Waals surface area contributed by atoms with Crippen LogP contribution in [0.5, 0.6) is 0 Å². The molecule has 1 saturated carbocycles. The number of halogens is 1. The van der Waals surface area contributed by atoms with E-state index in [9.17, 15) is 19.2 Å². The molecule has 2 fully saturated rings. The topological polar surface area (TPSA) is 105 Å². The zero-order valence-corrected chi connectivity index (χ0v) is 15.6. The summed E-state index contributed by atoms with van der Waals surface area (Å²) < 4.78 is 4.90. The smallest absolute Gasteiger partial charge is 0.326 e. The van der Waals surface area contributed by atoms with Crippen LogP contribution in [-0.4, -0.2) is 47.4 Å². The van der Waals surface area contributed by atoms with Gasteiger partial charge in [0.25, 0.3) is 11.8 Å². The first-order chi connectivity index (χ1) is 12.8. The molecule has 0 aromatic heterocycles. The van der Waals surface area contributed by atoms with Crippen molar-refractivity contribution in [3.05, 3.63) is 28.8 Å². The molecule has 2 N–H and O–H groups in total. The first-order valence-corrected chi connectivity index (χ1v) is 9.04. The number of amides is 4. The lowest BCUT2D eigenvalue weighted by Crippen LogP contribution is -2.44. The monoisotopic (exact) mass is 393 g/mol. The number of carbonyl (C=O) groups is 4. The minimum absolute atomic E-state index is 0.400. The van der Waals surface area contributed by atoms with E-state index >= 15 is 0 Å². The van der Waals surface area contributed by atoms with Gasteiger partial charge in [-0.3, -0.25) is 19.3 Å². The van der Waals surface area contributed by atoms with Gasteiger partial charge in [0.15, 0.2) is 6.61 Å². The van der Waals surface area contributed by atoms with Gasteiger partial charge in [0.05, 0.1) is 0 Å². The van der Waals surface area contributed by atoms with Gasteiger partial charge < -0.3 is 15.4 Å². The standard InChI is InChI=1S/C18H20ClN3O5/c1-11-8-12(19)4-5-13(11)20-14(23)10-27-15(24)9-22-16(25)18(21-17(22)26)6-2-3-7-18/h4-5,8H,2-3,6-7,9-10H2,1H3,(H,20,23)(H,21,26). The lowest BCUT2D eigenvalue weighted by atomic mass is 9.98. The molecule has 1 heterocycles. The Balaban J connectivity index is 1.50. The van der Waals surface area contributed by atoms with Gasteiger partial charge in [0.1, 0.15) is 12.1 Å². The molecule has 1 aliphatic heterocycles. The number of imide groups is 1. The van der Waals surface area contributed by atoms with Crippen LogP contribution in [0.1, 0.15) is 31.2 Å². The second-order valence-corrected chi connectivity index (χ2v) is 7.22. The van der Waals surface area contributed by atoms with Crippen molar-refractivity contribution < 1.29 is 23.9 Å². The summed E-state index contributed by atoms with van der Waals surface area (Å²) in [4.78, 5) is 49.3. The molecular weight excluding hydrogens is 374 g/mol. The van der Waals surface area contributed by atoms with Crippen molar-refractivity contribution in [1.82, 2.24) is 10.2 Å². The van der Waals surface area contributed by atoms with Gasteiger partial charge in [-0.1, -0.05) is 24.4 Å². The summed E-state index contributed by atoms with van der Waals surface area (Å²) in [6.07, 6.45) is 2.86. The van der Waals surface area contributed by atoms with Crippen LogP contribution in [0.25, 0.3) is 0 Å². The number of esters is 1. The zero-order chi connectivity index (χ0) is 19.6. The van der Waals surface area contributed by atoms with Crippen molar-refractivity contribution in [3.63, 3.8) is 0 Å². The molecule has 1 aromatic rings. The second kappa shape index (κ2) is 7.56. The third-order valence-electron chi connectivity index (χ3n) is 4.82. The molecule has 4 amide bonds. The lowest BCUT2D eigenvalue weighted by Gasteiger charge is -2.19. The first kappa shape index (κ1) is 19.2. The minimum Gasteiger partial charge on any atom is -0.454 e. The molecular formula is C18H20ClN3O5. The van der Waals surface area contributed by atoms with Crippen LogP contribution in [-0.2, 0) is 19.1 Å². The molecule has 0 radical (unpaired) electrons. The summed E-state index contributed by atoms with van der Waals surface area (Å²) in [5.74, 6) is -1.75. The van der Waals surface area contributed by atoms with E-state index in [0.29, 0.717) is 23.6 Å². The highest BCUT2D eigenvalue weighted by molar-refractivity contribution is 6.30. The number of ether oxygens (including phenoxy) is 1. The summed E-state index contributed by atoms with van der Waals surface area (Å²) in [7, 11) is 0. The van der Waals surface area contributed by atoms with E-state index < -0.39 is 42.5 Å². The van der Waals surface area contributed by atoms with E-state index in [1.54, 1.807) is 25.1 Å². The fourth-order valence-corrected chi connectivity index (χ4v) is 3.64. The SMILES string of the molecule is Cc1cc(Cl)ccc1NC(=O)COC(=O)CN1C(=O)NC2(CCCC2)C1=O. The van der Waals surface area contributed by atoms with Crippen molar-refractivity contribution in [2.75, 3.05) is 18.5 Å². The van der Waals surface area contributed by atoms with Crippen molar-refractivity contribution in [3.8, 4) is 0 Å². The lowest BCUT2D eigenvalue weighted by molar-refractivity contribution is -0.150. The number of anilines is 1. The number of hydrogen-bond acceptors (Lipinski definition) is 5. The average Bonchev–Trinajstić information content (AvgIpc) is 3.17. The van der Waals surface area contributed by atoms with Crippen LogP contribution in [0.3, 0.4) is 0 Å². The molecule has 1 aromatic carbocycles. The summed E-state index contributed by atoms with van der Waals surface area (Å²) >= 11 is 5.86.